The first-order valence-corrected chi connectivity index (χ1v) is 10.9. The number of rotatable bonds is 6. The summed E-state index contributed by atoms with van der Waals surface area (Å²) < 4.78 is 3.08. The van der Waals surface area contributed by atoms with Crippen molar-refractivity contribution in [1.82, 2.24) is 34.5 Å². The number of carbonyl (C=O) groups excluding carboxylic acids is 1. The van der Waals surface area contributed by atoms with E-state index in [1.54, 1.807) is 36.1 Å². The molecule has 0 unspecified atom stereocenters. The normalized spacial score (nSPS) is 11.4. The van der Waals surface area contributed by atoms with E-state index in [1.165, 1.54) is 29.2 Å². The Labute approximate surface area is 198 Å². The maximum atomic E-state index is 13.1. The second-order valence-corrected chi connectivity index (χ2v) is 9.35. The Morgan fingerprint density at radius 1 is 1.18 bits per heavy atom. The smallest absolute Gasteiger partial charge is 0.284 e. The molecule has 4 aromatic rings. The number of nitrogens with one attached hydrogen (secondary N) is 1. The summed E-state index contributed by atoms with van der Waals surface area (Å²) in [5.74, 6) is 0.104. The predicted molar refractivity (Wildman–Crippen MR) is 124 cm³/mol. The summed E-state index contributed by atoms with van der Waals surface area (Å²) in [4.78, 5) is 33.0. The molecule has 4 rings (SSSR count). The third-order valence-electron chi connectivity index (χ3n) is 4.75. The van der Waals surface area contributed by atoms with Crippen LogP contribution in [0.2, 0.25) is 0 Å². The van der Waals surface area contributed by atoms with Crippen LogP contribution in [0.5, 0.6) is 0 Å². The molecule has 3 heterocycles. The third-order valence-corrected chi connectivity index (χ3v) is 5.87. The SMILES string of the molecule is Cn1cnnc1Sc1ccc(C(=O)Nc2cc(C(C)(C)C)nn2-c2ncccn2)cc1[N+](=O)[O-]. The van der Waals surface area contributed by atoms with Gasteiger partial charge in [-0.2, -0.15) is 9.78 Å². The number of aryl methyl sites for hydroxylation is 1. The minimum absolute atomic E-state index is 0.119. The van der Waals surface area contributed by atoms with Gasteiger partial charge in [0.25, 0.3) is 17.5 Å². The van der Waals surface area contributed by atoms with Gasteiger partial charge in [0.2, 0.25) is 0 Å². The van der Waals surface area contributed by atoms with Crippen molar-refractivity contribution in [2.75, 3.05) is 5.32 Å². The number of aromatic nitrogens is 7. The van der Waals surface area contributed by atoms with Crippen LogP contribution in [-0.4, -0.2) is 45.3 Å². The molecule has 3 aromatic heterocycles. The molecule has 1 amide bonds. The molecular weight excluding hydrogens is 458 g/mol. The van der Waals surface area contributed by atoms with E-state index in [2.05, 4.69) is 30.6 Å². The number of hydrogen-bond acceptors (Lipinski definition) is 9. The monoisotopic (exact) mass is 479 g/mol. The quantitative estimate of drug-likeness (QED) is 0.324. The van der Waals surface area contributed by atoms with Crippen LogP contribution in [0.1, 0.15) is 36.8 Å². The minimum Gasteiger partial charge on any atom is -0.311 e. The number of nitrogens with zero attached hydrogens (tertiary/aromatic N) is 8. The van der Waals surface area contributed by atoms with Crippen molar-refractivity contribution in [2.45, 2.75) is 36.2 Å². The van der Waals surface area contributed by atoms with Crippen molar-refractivity contribution in [1.29, 1.82) is 0 Å². The van der Waals surface area contributed by atoms with Gasteiger partial charge in [0.05, 0.1) is 15.5 Å². The average molecular weight is 480 g/mol. The summed E-state index contributed by atoms with van der Waals surface area (Å²) in [7, 11) is 1.74. The number of benzene rings is 1. The van der Waals surface area contributed by atoms with Gasteiger partial charge in [-0.1, -0.05) is 20.8 Å². The van der Waals surface area contributed by atoms with Crippen LogP contribution in [0.4, 0.5) is 11.5 Å². The van der Waals surface area contributed by atoms with Gasteiger partial charge in [0.15, 0.2) is 5.16 Å². The lowest BCUT2D eigenvalue weighted by Crippen LogP contribution is -2.16. The van der Waals surface area contributed by atoms with Crippen molar-refractivity contribution in [2.24, 2.45) is 7.05 Å². The summed E-state index contributed by atoms with van der Waals surface area (Å²) in [6.07, 6.45) is 4.65. The highest BCUT2D eigenvalue weighted by atomic mass is 32.2. The molecule has 0 saturated carbocycles. The second-order valence-electron chi connectivity index (χ2n) is 8.35. The van der Waals surface area contributed by atoms with Gasteiger partial charge in [-0.15, -0.1) is 10.2 Å². The molecule has 13 heteroatoms. The first-order valence-electron chi connectivity index (χ1n) is 10.1. The van der Waals surface area contributed by atoms with E-state index in [4.69, 9.17) is 0 Å². The highest BCUT2D eigenvalue weighted by Gasteiger charge is 2.24. The number of amides is 1. The zero-order valence-corrected chi connectivity index (χ0v) is 19.6. The summed E-state index contributed by atoms with van der Waals surface area (Å²) >= 11 is 1.09. The van der Waals surface area contributed by atoms with Crippen LogP contribution in [0, 0.1) is 10.1 Å². The third kappa shape index (κ3) is 4.78. The number of nitro benzene ring substituents is 1. The van der Waals surface area contributed by atoms with Crippen molar-refractivity contribution in [3.8, 4) is 5.95 Å². The van der Waals surface area contributed by atoms with Crippen molar-refractivity contribution < 1.29 is 9.72 Å². The molecule has 1 aromatic carbocycles. The topological polar surface area (TPSA) is 147 Å². The first kappa shape index (κ1) is 23.0. The van der Waals surface area contributed by atoms with Crippen LogP contribution >= 0.6 is 11.8 Å². The van der Waals surface area contributed by atoms with E-state index in [0.717, 1.165) is 17.5 Å². The Hall–Kier alpha value is -4.13. The first-order chi connectivity index (χ1) is 16.1. The van der Waals surface area contributed by atoms with Gasteiger partial charge in [0, 0.05) is 42.6 Å². The van der Waals surface area contributed by atoms with E-state index in [0.29, 0.717) is 15.9 Å². The molecule has 0 spiro atoms. The lowest BCUT2D eigenvalue weighted by Gasteiger charge is -2.13. The van der Waals surface area contributed by atoms with E-state index in [1.807, 2.05) is 20.8 Å². The van der Waals surface area contributed by atoms with Gasteiger partial charge >= 0.3 is 0 Å². The Morgan fingerprint density at radius 2 is 1.91 bits per heavy atom. The zero-order chi connectivity index (χ0) is 24.5. The molecule has 0 bridgehead atoms. The Balaban J connectivity index is 1.66. The van der Waals surface area contributed by atoms with E-state index < -0.39 is 10.8 Å². The summed E-state index contributed by atoms with van der Waals surface area (Å²) in [6, 6.07) is 7.69. The minimum atomic E-state index is -0.532. The molecule has 12 nitrogen and oxygen atoms in total. The Kier molecular flexibility index (Phi) is 6.11. The van der Waals surface area contributed by atoms with Crippen LogP contribution in [0.3, 0.4) is 0 Å². The Bertz CT molecular complexity index is 1360. The molecular formula is C21H21N9O3S. The molecule has 0 radical (unpaired) electrons. The molecule has 0 fully saturated rings. The predicted octanol–water partition coefficient (Wildman–Crippen LogP) is 3.40. The average Bonchev–Trinajstić information content (AvgIpc) is 3.40. The van der Waals surface area contributed by atoms with Gasteiger partial charge in [-0.25, -0.2) is 9.97 Å². The fourth-order valence-electron chi connectivity index (χ4n) is 2.93. The lowest BCUT2D eigenvalue weighted by atomic mass is 9.92. The van der Waals surface area contributed by atoms with Crippen LogP contribution in [-0.2, 0) is 12.5 Å². The van der Waals surface area contributed by atoms with Crippen LogP contribution in [0.15, 0.2) is 59.1 Å². The number of nitro groups is 1. The van der Waals surface area contributed by atoms with Gasteiger partial charge in [0.1, 0.15) is 12.1 Å². The van der Waals surface area contributed by atoms with Gasteiger partial charge in [-0.3, -0.25) is 14.9 Å². The number of carbonyl (C=O) groups is 1. The Morgan fingerprint density at radius 3 is 2.53 bits per heavy atom. The van der Waals surface area contributed by atoms with Gasteiger partial charge in [-0.05, 0) is 30.0 Å². The largest absolute Gasteiger partial charge is 0.311 e. The zero-order valence-electron chi connectivity index (χ0n) is 18.8. The van der Waals surface area contributed by atoms with Gasteiger partial charge < -0.3 is 9.88 Å². The van der Waals surface area contributed by atoms with Crippen molar-refractivity contribution in [3.05, 3.63) is 70.4 Å². The maximum Gasteiger partial charge on any atom is 0.284 e. The number of hydrogen-bond donors (Lipinski definition) is 1. The molecule has 1 N–H and O–H groups in total. The fraction of sp³-hybridized carbons (Fsp3) is 0.238. The van der Waals surface area contributed by atoms with E-state index in [9.17, 15) is 14.9 Å². The molecule has 34 heavy (non-hydrogen) atoms. The lowest BCUT2D eigenvalue weighted by molar-refractivity contribution is -0.387. The summed E-state index contributed by atoms with van der Waals surface area (Å²) in [6.45, 7) is 5.98. The highest BCUT2D eigenvalue weighted by Crippen LogP contribution is 2.34. The standard InChI is InChI=1S/C21H21N9O3S/c1-21(2,3)16-11-17(29(27-16)19-22-8-5-9-23-19)25-18(31)13-6-7-15(14(10-13)30(32)33)34-20-26-24-12-28(20)4/h5-12H,1-4H3,(H,25,31). The molecule has 0 aliphatic heterocycles. The van der Waals surface area contributed by atoms with Crippen LogP contribution in [0.25, 0.3) is 5.95 Å². The molecule has 0 atom stereocenters. The maximum absolute atomic E-state index is 13.1. The van der Waals surface area contributed by atoms with E-state index in [-0.39, 0.29) is 22.6 Å². The molecule has 0 aliphatic carbocycles. The van der Waals surface area contributed by atoms with Crippen molar-refractivity contribution >= 4 is 29.2 Å². The van der Waals surface area contributed by atoms with Crippen LogP contribution < -0.4 is 5.32 Å². The fourth-order valence-corrected chi connectivity index (χ4v) is 3.78. The second kappa shape index (κ2) is 9.02. The molecule has 0 saturated heterocycles. The van der Waals surface area contributed by atoms with Crippen molar-refractivity contribution in [3.63, 3.8) is 0 Å². The molecule has 174 valence electrons. The summed E-state index contributed by atoms with van der Waals surface area (Å²) in [5, 5.41) is 27.3. The number of anilines is 1. The van der Waals surface area contributed by atoms with E-state index >= 15 is 0 Å². The molecule has 0 aliphatic rings. The summed E-state index contributed by atoms with van der Waals surface area (Å²) in [5.41, 5.74) is 0.331. The highest BCUT2D eigenvalue weighted by molar-refractivity contribution is 7.99.